The summed E-state index contributed by atoms with van der Waals surface area (Å²) >= 11 is 13.0. The van der Waals surface area contributed by atoms with Gasteiger partial charge in [0.1, 0.15) is 0 Å². The third kappa shape index (κ3) is 3.75. The second-order valence-corrected chi connectivity index (χ2v) is 7.13. The van der Waals surface area contributed by atoms with Crippen molar-refractivity contribution >= 4 is 57.9 Å². The molecule has 0 atom stereocenters. The zero-order valence-corrected chi connectivity index (χ0v) is 15.3. The molecule has 3 rings (SSSR count). The van der Waals surface area contributed by atoms with Crippen LogP contribution >= 0.6 is 35.0 Å². The SMILES string of the molecule is O=C1S/C(=C/c2cccc([N+](=O)[O-])c2)C(=O)N1Cc1c(Cl)cccc1Cl. The number of imide groups is 1. The first-order chi connectivity index (χ1) is 12.4. The number of thioether (sulfide) groups is 1. The molecule has 9 heteroatoms. The number of rotatable bonds is 4. The van der Waals surface area contributed by atoms with Gasteiger partial charge >= 0.3 is 0 Å². The molecule has 0 N–H and O–H groups in total. The largest absolute Gasteiger partial charge is 0.293 e. The van der Waals surface area contributed by atoms with E-state index in [9.17, 15) is 19.7 Å². The van der Waals surface area contributed by atoms with E-state index in [2.05, 4.69) is 0 Å². The summed E-state index contributed by atoms with van der Waals surface area (Å²) in [5.74, 6) is -0.498. The van der Waals surface area contributed by atoms with Gasteiger partial charge in [-0.25, -0.2) is 0 Å². The Kier molecular flexibility index (Phi) is 5.31. The number of amides is 2. The Hall–Kier alpha value is -2.35. The Morgan fingerprint density at radius 2 is 1.77 bits per heavy atom. The third-order valence-corrected chi connectivity index (χ3v) is 5.25. The van der Waals surface area contributed by atoms with Crippen LogP contribution in [0.15, 0.2) is 47.4 Å². The summed E-state index contributed by atoms with van der Waals surface area (Å²) in [6, 6.07) is 10.7. The average Bonchev–Trinajstić information content (AvgIpc) is 2.85. The van der Waals surface area contributed by atoms with Crippen molar-refractivity contribution < 1.29 is 14.5 Å². The van der Waals surface area contributed by atoms with E-state index in [1.807, 2.05) is 0 Å². The molecule has 1 aliphatic heterocycles. The molecule has 2 aromatic carbocycles. The molecule has 0 bridgehead atoms. The fraction of sp³-hybridized carbons (Fsp3) is 0.0588. The van der Waals surface area contributed by atoms with Gasteiger partial charge in [0.2, 0.25) is 0 Å². The Morgan fingerprint density at radius 3 is 2.42 bits per heavy atom. The number of hydrogen-bond acceptors (Lipinski definition) is 5. The zero-order valence-electron chi connectivity index (χ0n) is 13.0. The summed E-state index contributed by atoms with van der Waals surface area (Å²) in [6.45, 7) is -0.0462. The zero-order chi connectivity index (χ0) is 18.8. The minimum atomic E-state index is -0.525. The van der Waals surface area contributed by atoms with Crippen molar-refractivity contribution in [2.24, 2.45) is 0 Å². The molecule has 26 heavy (non-hydrogen) atoms. The van der Waals surface area contributed by atoms with E-state index in [1.165, 1.54) is 24.3 Å². The van der Waals surface area contributed by atoms with E-state index in [-0.39, 0.29) is 17.1 Å². The Balaban J connectivity index is 1.87. The van der Waals surface area contributed by atoms with Crippen molar-refractivity contribution in [2.45, 2.75) is 6.54 Å². The normalized spacial score (nSPS) is 15.8. The monoisotopic (exact) mass is 408 g/mol. The fourth-order valence-electron chi connectivity index (χ4n) is 2.36. The number of non-ortho nitro benzene ring substituents is 1. The van der Waals surface area contributed by atoms with Crippen LogP contribution in [0.3, 0.4) is 0 Å². The first-order valence-electron chi connectivity index (χ1n) is 7.29. The topological polar surface area (TPSA) is 80.5 Å². The molecule has 132 valence electrons. The molecule has 1 fully saturated rings. The van der Waals surface area contributed by atoms with Gasteiger partial charge in [0.05, 0.1) is 16.4 Å². The minimum absolute atomic E-state index is 0.0462. The number of nitrogens with zero attached hydrogens (tertiary/aromatic N) is 2. The number of nitro benzene ring substituents is 1. The van der Waals surface area contributed by atoms with Gasteiger partial charge in [0, 0.05) is 27.7 Å². The predicted molar refractivity (Wildman–Crippen MR) is 101 cm³/mol. The van der Waals surface area contributed by atoms with E-state index < -0.39 is 16.1 Å². The van der Waals surface area contributed by atoms with Crippen molar-refractivity contribution in [2.75, 3.05) is 0 Å². The highest BCUT2D eigenvalue weighted by atomic mass is 35.5. The van der Waals surface area contributed by atoms with Gasteiger partial charge in [-0.05, 0) is 35.5 Å². The second kappa shape index (κ2) is 7.49. The van der Waals surface area contributed by atoms with Crippen molar-refractivity contribution in [3.8, 4) is 0 Å². The lowest BCUT2D eigenvalue weighted by Crippen LogP contribution is -2.27. The molecule has 0 saturated carbocycles. The van der Waals surface area contributed by atoms with E-state index in [0.717, 1.165) is 16.7 Å². The van der Waals surface area contributed by atoms with Crippen LogP contribution in [0.25, 0.3) is 6.08 Å². The number of carbonyl (C=O) groups is 2. The van der Waals surface area contributed by atoms with Crippen LogP contribution in [0.4, 0.5) is 10.5 Å². The van der Waals surface area contributed by atoms with Crippen LogP contribution in [-0.4, -0.2) is 21.0 Å². The third-order valence-electron chi connectivity index (χ3n) is 3.63. The van der Waals surface area contributed by atoms with Gasteiger partial charge < -0.3 is 0 Å². The molecular weight excluding hydrogens is 399 g/mol. The Labute approximate surface area is 162 Å². The molecule has 0 aliphatic carbocycles. The summed E-state index contributed by atoms with van der Waals surface area (Å²) in [5.41, 5.74) is 0.844. The Bertz CT molecular complexity index is 941. The number of benzene rings is 2. The molecule has 2 aromatic rings. The van der Waals surface area contributed by atoms with Crippen molar-refractivity contribution in [1.82, 2.24) is 4.90 Å². The van der Waals surface area contributed by atoms with E-state index in [4.69, 9.17) is 23.2 Å². The summed E-state index contributed by atoms with van der Waals surface area (Å²) < 4.78 is 0. The highest BCUT2D eigenvalue weighted by Crippen LogP contribution is 2.35. The van der Waals surface area contributed by atoms with Gasteiger partial charge in [-0.3, -0.25) is 24.6 Å². The maximum absolute atomic E-state index is 12.6. The van der Waals surface area contributed by atoms with Crippen molar-refractivity contribution in [3.63, 3.8) is 0 Å². The molecule has 2 amide bonds. The summed E-state index contributed by atoms with van der Waals surface area (Å²) in [7, 11) is 0. The van der Waals surface area contributed by atoms with E-state index in [0.29, 0.717) is 21.2 Å². The average molecular weight is 409 g/mol. The maximum atomic E-state index is 12.6. The lowest BCUT2D eigenvalue weighted by molar-refractivity contribution is -0.384. The first-order valence-corrected chi connectivity index (χ1v) is 8.87. The maximum Gasteiger partial charge on any atom is 0.293 e. The quantitative estimate of drug-likeness (QED) is 0.397. The molecule has 0 spiro atoms. The van der Waals surface area contributed by atoms with Crippen LogP contribution in [0.1, 0.15) is 11.1 Å². The fourth-order valence-corrected chi connectivity index (χ4v) is 3.71. The van der Waals surface area contributed by atoms with E-state index in [1.54, 1.807) is 24.3 Å². The molecule has 1 heterocycles. The highest BCUT2D eigenvalue weighted by molar-refractivity contribution is 8.18. The number of halogens is 2. The molecule has 6 nitrogen and oxygen atoms in total. The molecule has 0 radical (unpaired) electrons. The van der Waals surface area contributed by atoms with Crippen LogP contribution in [0.2, 0.25) is 10.0 Å². The van der Waals surface area contributed by atoms with Crippen LogP contribution in [0, 0.1) is 10.1 Å². The van der Waals surface area contributed by atoms with Crippen LogP contribution in [-0.2, 0) is 11.3 Å². The standard InChI is InChI=1S/C17H10Cl2N2O4S/c18-13-5-2-6-14(19)12(13)9-20-16(22)15(26-17(20)23)8-10-3-1-4-11(7-10)21(24)25/h1-8H,9H2/b15-8+. The van der Waals surface area contributed by atoms with E-state index >= 15 is 0 Å². The van der Waals surface area contributed by atoms with Gasteiger partial charge in [-0.1, -0.05) is 41.4 Å². The van der Waals surface area contributed by atoms with Gasteiger partial charge in [-0.15, -0.1) is 0 Å². The van der Waals surface area contributed by atoms with Gasteiger partial charge in [0.25, 0.3) is 16.8 Å². The van der Waals surface area contributed by atoms with Crippen molar-refractivity contribution in [3.05, 3.63) is 78.7 Å². The Morgan fingerprint density at radius 1 is 1.12 bits per heavy atom. The lowest BCUT2D eigenvalue weighted by atomic mass is 10.2. The van der Waals surface area contributed by atoms with Crippen LogP contribution < -0.4 is 0 Å². The van der Waals surface area contributed by atoms with Crippen molar-refractivity contribution in [1.29, 1.82) is 0 Å². The number of hydrogen-bond donors (Lipinski definition) is 0. The molecule has 0 unspecified atom stereocenters. The minimum Gasteiger partial charge on any atom is -0.268 e. The van der Waals surface area contributed by atoms with Crippen LogP contribution in [0.5, 0.6) is 0 Å². The summed E-state index contributed by atoms with van der Waals surface area (Å²) in [4.78, 5) is 36.3. The lowest BCUT2D eigenvalue weighted by Gasteiger charge is -2.14. The molecular formula is C17H10Cl2N2O4S. The van der Waals surface area contributed by atoms with Gasteiger partial charge in [0.15, 0.2) is 0 Å². The summed E-state index contributed by atoms with van der Waals surface area (Å²) in [5, 5.41) is 11.1. The smallest absolute Gasteiger partial charge is 0.268 e. The predicted octanol–water partition coefficient (Wildman–Crippen LogP) is 5.14. The second-order valence-electron chi connectivity index (χ2n) is 5.32. The number of nitro groups is 1. The highest BCUT2D eigenvalue weighted by Gasteiger charge is 2.35. The molecule has 1 aliphatic rings. The molecule has 1 saturated heterocycles. The first kappa shape index (κ1) is 18.4. The summed E-state index contributed by atoms with van der Waals surface area (Å²) in [6.07, 6.45) is 1.45. The number of carbonyl (C=O) groups excluding carboxylic acids is 2. The van der Waals surface area contributed by atoms with Gasteiger partial charge in [-0.2, -0.15) is 0 Å². The molecule has 0 aromatic heterocycles.